The zero-order valence-electron chi connectivity index (χ0n) is 46.5. The number of carboxylic acids is 1. The van der Waals surface area contributed by atoms with Crippen molar-refractivity contribution >= 4 is 117 Å². The molecule has 444 valence electrons. The average molecular weight is 1240 g/mol. The van der Waals surface area contributed by atoms with Crippen molar-refractivity contribution < 1.29 is 52.9 Å². The Morgan fingerprint density at radius 3 is 1.48 bits per heavy atom. The molecule has 0 aliphatic rings. The number of aromatic carboxylic acids is 1. The van der Waals surface area contributed by atoms with Gasteiger partial charge in [0.15, 0.2) is 0 Å². The standard InChI is InChI=1S/C30H30Cl2N4O7.C30H28Cl2N4O6/c1-17(2)43-29(41)25(34-27(38)26-22(31)5-4-6-23(26)32)14-18-7-10-20(11-8-18)33-30(42)35-24-12-9-19(15-36(3)16-37)13-21(24)28(39)40;1-17(2)42-29(40)25(33-27(38)26-22(31)5-4-6-23(26)32)14-18-7-10-20(11-8-18)36-28(39)21-13-19(15-35(3)16-37)9-12-24(21)34-30(36)41/h4-13,16-17,25H,14-15H2,1-3H3,(H,34,38)(H,39,40)(H2,33,35,42);4-13,16-17,25H,14-15H2,1-3H3,(H,33,38)(H,34,41)/t2*25-/m00/s1. The number of carbonyl (C=O) groups excluding carboxylic acids is 7. The zero-order valence-corrected chi connectivity index (χ0v) is 49.6. The van der Waals surface area contributed by atoms with Crippen molar-refractivity contribution in [2.75, 3.05) is 24.7 Å². The first-order valence-corrected chi connectivity index (χ1v) is 27.5. The summed E-state index contributed by atoms with van der Waals surface area (Å²) in [6.07, 6.45) is 0.581. The van der Waals surface area contributed by atoms with Gasteiger partial charge in [-0.2, -0.15) is 0 Å². The Hall–Kier alpha value is -9.02. The van der Waals surface area contributed by atoms with E-state index in [1.807, 2.05) is 0 Å². The summed E-state index contributed by atoms with van der Waals surface area (Å²) in [6.45, 7) is 7.26. The molecule has 0 aliphatic carbocycles. The molecule has 1 aromatic heterocycles. The lowest BCUT2D eigenvalue weighted by atomic mass is 10.0. The lowest BCUT2D eigenvalue weighted by Gasteiger charge is -2.20. The first-order valence-electron chi connectivity index (χ1n) is 26.0. The smallest absolute Gasteiger partial charge is 0.337 e. The monoisotopic (exact) mass is 1240 g/mol. The van der Waals surface area contributed by atoms with Gasteiger partial charge < -0.3 is 50.6 Å². The second-order valence-electron chi connectivity index (χ2n) is 19.7. The number of H-pyrrole nitrogens is 1. The topological polar surface area (TPSA) is 285 Å². The van der Waals surface area contributed by atoms with Gasteiger partial charge in [0, 0.05) is 45.7 Å². The molecule has 7 rings (SSSR count). The number of benzene rings is 6. The highest BCUT2D eigenvalue weighted by molar-refractivity contribution is 6.40. The maximum Gasteiger partial charge on any atom is 0.337 e. The molecular formula is C60H58Cl4N8O13. The highest BCUT2D eigenvalue weighted by Gasteiger charge is 2.28. The van der Waals surface area contributed by atoms with Crippen molar-refractivity contribution in [2.45, 2.75) is 77.9 Å². The largest absolute Gasteiger partial charge is 0.478 e. The highest BCUT2D eigenvalue weighted by atomic mass is 35.5. The fraction of sp³-hybridized carbons (Fsp3) is 0.233. The number of esters is 2. The number of anilines is 2. The molecular weight excluding hydrogens is 1180 g/mol. The maximum absolute atomic E-state index is 13.4. The van der Waals surface area contributed by atoms with E-state index >= 15 is 0 Å². The summed E-state index contributed by atoms with van der Waals surface area (Å²) in [5.41, 5.74) is 2.48. The number of carboxylic acid groups (broad SMARTS) is 1. The molecule has 85 heavy (non-hydrogen) atoms. The van der Waals surface area contributed by atoms with Crippen molar-refractivity contribution in [1.82, 2.24) is 30.0 Å². The Balaban J connectivity index is 0.000000272. The van der Waals surface area contributed by atoms with Gasteiger partial charge in [-0.3, -0.25) is 24.0 Å². The van der Waals surface area contributed by atoms with E-state index in [-0.39, 0.29) is 67.2 Å². The quantitative estimate of drug-likeness (QED) is 0.0273. The van der Waals surface area contributed by atoms with Gasteiger partial charge in [-0.05, 0) is 123 Å². The number of amides is 6. The van der Waals surface area contributed by atoms with Crippen LogP contribution in [0.5, 0.6) is 0 Å². The summed E-state index contributed by atoms with van der Waals surface area (Å²) in [5.74, 6) is -3.82. The molecule has 0 saturated heterocycles. The minimum atomic E-state index is -1.25. The van der Waals surface area contributed by atoms with Crippen LogP contribution in [-0.2, 0) is 54.6 Å². The van der Waals surface area contributed by atoms with E-state index in [0.29, 0.717) is 52.9 Å². The Bertz CT molecular complexity index is 3720. The molecule has 1 heterocycles. The number of hydrogen-bond acceptors (Lipinski definition) is 12. The van der Waals surface area contributed by atoms with Crippen molar-refractivity contribution in [3.63, 3.8) is 0 Å². The molecule has 0 radical (unpaired) electrons. The van der Waals surface area contributed by atoms with Crippen LogP contribution in [0.25, 0.3) is 16.6 Å². The number of nitrogens with one attached hydrogen (secondary N) is 5. The van der Waals surface area contributed by atoms with Crippen LogP contribution in [0, 0.1) is 0 Å². The van der Waals surface area contributed by atoms with Crippen molar-refractivity contribution in [3.8, 4) is 5.69 Å². The third kappa shape index (κ3) is 18.0. The zero-order chi connectivity index (χ0) is 62.2. The van der Waals surface area contributed by atoms with Crippen LogP contribution in [0.2, 0.25) is 20.1 Å². The van der Waals surface area contributed by atoms with Crippen molar-refractivity contribution in [2.24, 2.45) is 0 Å². The van der Waals surface area contributed by atoms with E-state index in [1.54, 1.807) is 127 Å². The maximum atomic E-state index is 13.4. The minimum Gasteiger partial charge on any atom is -0.478 e. The number of halogens is 4. The third-order valence-corrected chi connectivity index (χ3v) is 13.6. The fourth-order valence-corrected chi connectivity index (χ4v) is 9.53. The Morgan fingerprint density at radius 1 is 0.600 bits per heavy atom. The molecule has 2 atom stereocenters. The number of carbonyl (C=O) groups is 8. The van der Waals surface area contributed by atoms with Crippen molar-refractivity contribution in [3.05, 3.63) is 201 Å². The van der Waals surface area contributed by atoms with Gasteiger partial charge in [-0.1, -0.05) is 94.9 Å². The van der Waals surface area contributed by atoms with E-state index in [9.17, 15) is 53.1 Å². The van der Waals surface area contributed by atoms with Gasteiger partial charge in [0.1, 0.15) is 12.1 Å². The molecule has 6 aromatic carbocycles. The number of rotatable bonds is 22. The second kappa shape index (κ2) is 30.0. The molecule has 21 nitrogen and oxygen atoms in total. The van der Waals surface area contributed by atoms with Gasteiger partial charge in [0.05, 0.1) is 71.3 Å². The number of hydrogen-bond donors (Lipinski definition) is 6. The summed E-state index contributed by atoms with van der Waals surface area (Å²) in [4.78, 5) is 130. The number of ether oxygens (including phenoxy) is 2. The summed E-state index contributed by atoms with van der Waals surface area (Å²) in [7, 11) is 3.18. The molecule has 0 aliphatic heterocycles. The molecule has 0 spiro atoms. The first-order chi connectivity index (χ1) is 40.3. The summed E-state index contributed by atoms with van der Waals surface area (Å²) >= 11 is 24.7. The lowest BCUT2D eigenvalue weighted by Crippen LogP contribution is -2.44. The third-order valence-electron chi connectivity index (χ3n) is 12.3. The Labute approximate surface area is 507 Å². The predicted molar refractivity (Wildman–Crippen MR) is 323 cm³/mol. The highest BCUT2D eigenvalue weighted by Crippen LogP contribution is 2.27. The predicted octanol–water partition coefficient (Wildman–Crippen LogP) is 9.08. The van der Waals surface area contributed by atoms with E-state index in [2.05, 4.69) is 26.3 Å². The van der Waals surface area contributed by atoms with Gasteiger partial charge >= 0.3 is 29.6 Å². The van der Waals surface area contributed by atoms with Gasteiger partial charge in [0.2, 0.25) is 12.8 Å². The summed E-state index contributed by atoms with van der Waals surface area (Å²) in [6, 6.07) is 28.8. The molecule has 0 bridgehead atoms. The number of fused-ring (bicyclic) bond motifs is 1. The van der Waals surface area contributed by atoms with E-state index in [4.69, 9.17) is 55.9 Å². The molecule has 6 amide bonds. The molecule has 0 saturated carbocycles. The number of aromatic amines is 1. The van der Waals surface area contributed by atoms with E-state index in [1.165, 1.54) is 46.2 Å². The summed E-state index contributed by atoms with van der Waals surface area (Å²) in [5, 5.41) is 20.8. The number of aromatic nitrogens is 2. The SMILES string of the molecule is CC(C)OC(=O)[C@H](Cc1ccc(-n2c(=O)[nH]c3ccc(CN(C)C=O)cc3c2=O)cc1)NC(=O)c1c(Cl)cccc1Cl.CC(C)OC(=O)[C@H](Cc1ccc(NC(=O)Nc2ccc(CN(C)C=O)cc2C(=O)O)cc1)NC(=O)c1c(Cl)cccc1Cl. The molecule has 0 fully saturated rings. The van der Waals surface area contributed by atoms with Crippen LogP contribution in [0.1, 0.15) is 81.0 Å². The van der Waals surface area contributed by atoms with Crippen LogP contribution >= 0.6 is 46.4 Å². The van der Waals surface area contributed by atoms with Crippen LogP contribution in [0.3, 0.4) is 0 Å². The van der Waals surface area contributed by atoms with Gasteiger partial charge in [0.25, 0.3) is 17.4 Å². The Kier molecular flexibility index (Phi) is 23.0. The first kappa shape index (κ1) is 65.1. The normalized spacial score (nSPS) is 11.5. The molecule has 25 heteroatoms. The van der Waals surface area contributed by atoms with E-state index < -0.39 is 71.3 Å². The van der Waals surface area contributed by atoms with Gasteiger partial charge in [-0.15, -0.1) is 0 Å². The fourth-order valence-electron chi connectivity index (χ4n) is 8.39. The lowest BCUT2D eigenvalue weighted by molar-refractivity contribution is -0.150. The molecule has 6 N–H and O–H groups in total. The number of urea groups is 1. The molecule has 0 unspecified atom stereocenters. The average Bonchev–Trinajstić information content (AvgIpc) is 2.33. The van der Waals surface area contributed by atoms with Crippen LogP contribution in [-0.4, -0.2) is 111 Å². The minimum absolute atomic E-state index is 0.0349. The second-order valence-corrected chi connectivity index (χ2v) is 21.4. The van der Waals surface area contributed by atoms with Crippen LogP contribution < -0.4 is 32.5 Å². The van der Waals surface area contributed by atoms with Crippen molar-refractivity contribution in [1.29, 1.82) is 0 Å². The van der Waals surface area contributed by atoms with Crippen LogP contribution in [0.15, 0.2) is 131 Å². The number of nitrogens with zero attached hydrogens (tertiary/aromatic N) is 3. The Morgan fingerprint density at radius 2 is 1.04 bits per heavy atom. The molecule has 7 aromatic rings. The summed E-state index contributed by atoms with van der Waals surface area (Å²) < 4.78 is 11.7. The van der Waals surface area contributed by atoms with Gasteiger partial charge in [-0.25, -0.2) is 28.5 Å². The van der Waals surface area contributed by atoms with Crippen LogP contribution in [0.4, 0.5) is 16.2 Å². The van der Waals surface area contributed by atoms with E-state index in [0.717, 1.165) is 10.1 Å².